The number of hydrogen-bond acceptors (Lipinski definition) is 4. The minimum atomic E-state index is -0.648. The van der Waals surface area contributed by atoms with Crippen molar-refractivity contribution in [2.75, 3.05) is 11.1 Å². The van der Waals surface area contributed by atoms with E-state index in [0.29, 0.717) is 5.16 Å². The Morgan fingerprint density at radius 2 is 2.04 bits per heavy atom. The van der Waals surface area contributed by atoms with Crippen molar-refractivity contribution < 1.29 is 9.18 Å². The fourth-order valence-corrected chi connectivity index (χ4v) is 3.03. The Balaban J connectivity index is 1.66. The first-order chi connectivity index (χ1) is 12.0. The molecule has 0 bridgehead atoms. The SMILES string of the molecule is Cc1ccc(-n2cnnc2SCC(=O)Nc2cccc(Cl)c2F)cc1. The minimum absolute atomic E-state index is 0.0374. The van der Waals surface area contributed by atoms with Crippen LogP contribution in [0.4, 0.5) is 10.1 Å². The van der Waals surface area contributed by atoms with E-state index in [9.17, 15) is 9.18 Å². The van der Waals surface area contributed by atoms with Crippen LogP contribution in [0.2, 0.25) is 5.02 Å². The van der Waals surface area contributed by atoms with Crippen LogP contribution in [-0.4, -0.2) is 26.4 Å². The summed E-state index contributed by atoms with van der Waals surface area (Å²) in [5, 5.41) is 11.0. The van der Waals surface area contributed by atoms with Crippen molar-refractivity contribution in [2.45, 2.75) is 12.1 Å². The topological polar surface area (TPSA) is 59.8 Å². The van der Waals surface area contributed by atoms with Crippen LogP contribution < -0.4 is 5.32 Å². The molecule has 0 atom stereocenters. The fourth-order valence-electron chi connectivity index (χ4n) is 2.12. The summed E-state index contributed by atoms with van der Waals surface area (Å²) < 4.78 is 15.6. The second kappa shape index (κ2) is 7.67. The maximum atomic E-state index is 13.8. The van der Waals surface area contributed by atoms with Crippen LogP contribution in [0.15, 0.2) is 53.9 Å². The number of benzene rings is 2. The lowest BCUT2D eigenvalue weighted by Crippen LogP contribution is -2.15. The third-order valence-corrected chi connectivity index (χ3v) is 4.62. The van der Waals surface area contributed by atoms with Crippen molar-refractivity contribution in [2.24, 2.45) is 0 Å². The van der Waals surface area contributed by atoms with Crippen LogP contribution in [-0.2, 0) is 4.79 Å². The van der Waals surface area contributed by atoms with Crippen LogP contribution in [0.5, 0.6) is 0 Å². The van der Waals surface area contributed by atoms with E-state index in [4.69, 9.17) is 11.6 Å². The largest absolute Gasteiger partial charge is 0.323 e. The first-order valence-electron chi connectivity index (χ1n) is 7.38. The number of halogens is 2. The minimum Gasteiger partial charge on any atom is -0.323 e. The van der Waals surface area contributed by atoms with E-state index in [0.717, 1.165) is 11.3 Å². The maximum absolute atomic E-state index is 13.8. The summed E-state index contributed by atoms with van der Waals surface area (Å²) in [6.45, 7) is 2.00. The Morgan fingerprint density at radius 3 is 2.80 bits per heavy atom. The lowest BCUT2D eigenvalue weighted by molar-refractivity contribution is -0.113. The molecule has 0 aliphatic heterocycles. The van der Waals surface area contributed by atoms with Crippen LogP contribution in [0.1, 0.15) is 5.56 Å². The van der Waals surface area contributed by atoms with Gasteiger partial charge in [0.2, 0.25) is 5.91 Å². The third kappa shape index (κ3) is 4.18. The van der Waals surface area contributed by atoms with Gasteiger partial charge in [-0.15, -0.1) is 10.2 Å². The Bertz CT molecular complexity index is 898. The summed E-state index contributed by atoms with van der Waals surface area (Å²) in [6.07, 6.45) is 1.58. The van der Waals surface area contributed by atoms with E-state index < -0.39 is 5.82 Å². The maximum Gasteiger partial charge on any atom is 0.234 e. The van der Waals surface area contributed by atoms with Gasteiger partial charge in [-0.05, 0) is 31.2 Å². The Morgan fingerprint density at radius 1 is 1.28 bits per heavy atom. The number of anilines is 1. The number of rotatable bonds is 5. The van der Waals surface area contributed by atoms with Crippen molar-refractivity contribution in [1.29, 1.82) is 0 Å². The summed E-state index contributed by atoms with van der Waals surface area (Å²) >= 11 is 6.91. The van der Waals surface area contributed by atoms with E-state index in [2.05, 4.69) is 15.5 Å². The van der Waals surface area contributed by atoms with Gasteiger partial charge in [-0.25, -0.2) is 4.39 Å². The molecule has 0 aliphatic rings. The number of aryl methyl sites for hydroxylation is 1. The van der Waals surface area contributed by atoms with E-state index >= 15 is 0 Å². The zero-order chi connectivity index (χ0) is 17.8. The van der Waals surface area contributed by atoms with Crippen molar-refractivity contribution >= 4 is 35.0 Å². The lowest BCUT2D eigenvalue weighted by Gasteiger charge is -2.08. The number of carbonyl (C=O) groups excluding carboxylic acids is 1. The van der Waals surface area contributed by atoms with Gasteiger partial charge in [0.25, 0.3) is 0 Å². The molecule has 1 N–H and O–H groups in total. The van der Waals surface area contributed by atoms with Crippen LogP contribution >= 0.6 is 23.4 Å². The van der Waals surface area contributed by atoms with Gasteiger partial charge in [0.05, 0.1) is 16.5 Å². The smallest absolute Gasteiger partial charge is 0.234 e. The second-order valence-corrected chi connectivity index (χ2v) is 6.61. The van der Waals surface area contributed by atoms with E-state index in [1.165, 1.54) is 23.9 Å². The molecule has 25 heavy (non-hydrogen) atoms. The molecule has 1 amide bonds. The zero-order valence-electron chi connectivity index (χ0n) is 13.2. The molecule has 3 rings (SSSR count). The molecule has 0 saturated carbocycles. The molecule has 3 aromatic rings. The summed E-state index contributed by atoms with van der Waals surface area (Å²) in [5.41, 5.74) is 2.10. The van der Waals surface area contributed by atoms with Crippen molar-refractivity contribution in [3.05, 3.63) is 65.2 Å². The van der Waals surface area contributed by atoms with Gasteiger partial charge in [-0.2, -0.15) is 0 Å². The van der Waals surface area contributed by atoms with E-state index in [-0.39, 0.29) is 22.4 Å². The number of hydrogen-bond donors (Lipinski definition) is 1. The number of nitrogens with zero attached hydrogens (tertiary/aromatic N) is 3. The second-order valence-electron chi connectivity index (χ2n) is 5.26. The van der Waals surface area contributed by atoms with Crippen LogP contribution in [0, 0.1) is 12.7 Å². The molecule has 0 radical (unpaired) electrons. The average Bonchev–Trinajstić information content (AvgIpc) is 3.06. The molecular formula is C17H14ClFN4OS. The van der Waals surface area contributed by atoms with Gasteiger partial charge in [0.1, 0.15) is 6.33 Å². The number of thioether (sulfide) groups is 1. The summed E-state index contributed by atoms with van der Waals surface area (Å²) in [5.74, 6) is -0.939. The van der Waals surface area contributed by atoms with E-state index in [1.54, 1.807) is 17.0 Å². The van der Waals surface area contributed by atoms with Crippen molar-refractivity contribution in [3.8, 4) is 5.69 Å². The molecule has 0 fully saturated rings. The molecule has 5 nitrogen and oxygen atoms in total. The van der Waals surface area contributed by atoms with Crippen LogP contribution in [0.25, 0.3) is 5.69 Å². The molecule has 0 spiro atoms. The molecular weight excluding hydrogens is 363 g/mol. The molecule has 1 heterocycles. The molecule has 1 aromatic heterocycles. The van der Waals surface area contributed by atoms with Gasteiger partial charge in [-0.3, -0.25) is 9.36 Å². The lowest BCUT2D eigenvalue weighted by atomic mass is 10.2. The molecule has 0 saturated heterocycles. The number of aromatic nitrogens is 3. The third-order valence-electron chi connectivity index (χ3n) is 3.39. The average molecular weight is 377 g/mol. The normalized spacial score (nSPS) is 10.7. The highest BCUT2D eigenvalue weighted by atomic mass is 35.5. The molecule has 128 valence electrons. The first-order valence-corrected chi connectivity index (χ1v) is 8.74. The summed E-state index contributed by atoms with van der Waals surface area (Å²) in [4.78, 5) is 12.1. The zero-order valence-corrected chi connectivity index (χ0v) is 14.8. The monoisotopic (exact) mass is 376 g/mol. The number of nitrogens with one attached hydrogen (secondary N) is 1. The van der Waals surface area contributed by atoms with Crippen molar-refractivity contribution in [1.82, 2.24) is 14.8 Å². The summed E-state index contributed by atoms with van der Waals surface area (Å²) in [6, 6.07) is 12.3. The number of amides is 1. The van der Waals surface area contributed by atoms with Gasteiger partial charge in [0, 0.05) is 5.69 Å². The molecule has 0 aliphatic carbocycles. The first kappa shape index (κ1) is 17.4. The fraction of sp³-hybridized carbons (Fsp3) is 0.118. The van der Waals surface area contributed by atoms with Gasteiger partial charge in [-0.1, -0.05) is 47.1 Å². The molecule has 8 heteroatoms. The van der Waals surface area contributed by atoms with Gasteiger partial charge < -0.3 is 5.32 Å². The standard InChI is InChI=1S/C17H14ClFN4OS/c1-11-5-7-12(8-6-11)23-10-20-22-17(23)25-9-15(24)21-14-4-2-3-13(18)16(14)19/h2-8,10H,9H2,1H3,(H,21,24). The highest BCUT2D eigenvalue weighted by Crippen LogP contribution is 2.23. The Labute approximate surface area is 153 Å². The van der Waals surface area contributed by atoms with Crippen molar-refractivity contribution in [3.63, 3.8) is 0 Å². The predicted octanol–water partition coefficient (Wildman–Crippen LogP) is 4.10. The molecule has 2 aromatic carbocycles. The van der Waals surface area contributed by atoms with Gasteiger partial charge >= 0.3 is 0 Å². The quantitative estimate of drug-likeness (QED) is 0.681. The Hall–Kier alpha value is -2.38. The predicted molar refractivity (Wildman–Crippen MR) is 96.9 cm³/mol. The molecule has 0 unspecified atom stereocenters. The van der Waals surface area contributed by atoms with Crippen LogP contribution in [0.3, 0.4) is 0 Å². The highest BCUT2D eigenvalue weighted by molar-refractivity contribution is 7.99. The Kier molecular flexibility index (Phi) is 5.35. The number of carbonyl (C=O) groups is 1. The summed E-state index contributed by atoms with van der Waals surface area (Å²) in [7, 11) is 0. The van der Waals surface area contributed by atoms with E-state index in [1.807, 2.05) is 31.2 Å². The van der Waals surface area contributed by atoms with Gasteiger partial charge in [0.15, 0.2) is 11.0 Å². The highest BCUT2D eigenvalue weighted by Gasteiger charge is 2.13.